The fraction of sp³-hybridized carbons (Fsp3) is 0.778. The summed E-state index contributed by atoms with van der Waals surface area (Å²) in [6.07, 6.45) is 15.6. The average Bonchev–Trinajstić information content (AvgIpc) is 3.38. The lowest BCUT2D eigenvalue weighted by Gasteiger charge is -2.53. The first-order valence-electron chi connectivity index (χ1n) is 17.0. The molecule has 44 heavy (non-hydrogen) atoms. The second-order valence-electron chi connectivity index (χ2n) is 14.6. The summed E-state index contributed by atoms with van der Waals surface area (Å²) in [5.41, 5.74) is -5.17. The molecule has 0 spiro atoms. The molecular formula is C36H54O8. The summed E-state index contributed by atoms with van der Waals surface area (Å²) in [4.78, 5) is 51.2. The van der Waals surface area contributed by atoms with Crippen LogP contribution in [0.15, 0.2) is 23.3 Å². The molecule has 2 saturated carbocycles. The molecule has 0 bridgehead atoms. The van der Waals surface area contributed by atoms with Crippen molar-refractivity contribution in [3.63, 3.8) is 0 Å². The van der Waals surface area contributed by atoms with Crippen molar-refractivity contribution in [1.82, 2.24) is 0 Å². The molecule has 4 rings (SSSR count). The van der Waals surface area contributed by atoms with E-state index in [1.165, 1.54) is 51.9 Å². The van der Waals surface area contributed by atoms with Crippen LogP contribution in [0.1, 0.15) is 125 Å². The highest BCUT2D eigenvalue weighted by Crippen LogP contribution is 2.77. The minimum Gasteiger partial charge on any atom is -0.458 e. The van der Waals surface area contributed by atoms with Gasteiger partial charge in [-0.1, -0.05) is 104 Å². The molecular weight excluding hydrogens is 560 g/mol. The number of ether oxygens (including phenoxy) is 2. The Kier molecular flexibility index (Phi) is 10.4. The molecule has 0 amide bonds. The zero-order valence-corrected chi connectivity index (χ0v) is 27.7. The van der Waals surface area contributed by atoms with Gasteiger partial charge in [-0.2, -0.15) is 0 Å². The number of unbranched alkanes of at least 4 members (excludes halogenated alkanes) is 10. The molecule has 8 unspecified atom stereocenters. The molecule has 0 saturated heterocycles. The fourth-order valence-corrected chi connectivity index (χ4v) is 9.11. The third-order valence-corrected chi connectivity index (χ3v) is 11.4. The molecule has 8 nitrogen and oxygen atoms in total. The Labute approximate surface area is 263 Å². The van der Waals surface area contributed by atoms with Gasteiger partial charge in [0, 0.05) is 48.9 Å². The summed E-state index contributed by atoms with van der Waals surface area (Å²) < 4.78 is 12.2. The zero-order chi connectivity index (χ0) is 32.5. The van der Waals surface area contributed by atoms with Crippen LogP contribution in [0.4, 0.5) is 0 Å². The Bertz CT molecular complexity index is 1180. The van der Waals surface area contributed by atoms with Gasteiger partial charge in [0.1, 0.15) is 18.0 Å². The highest BCUT2D eigenvalue weighted by molar-refractivity contribution is 6.05. The fourth-order valence-electron chi connectivity index (χ4n) is 9.11. The standard InChI is InChI=1S/C36H54O8/c1-7-8-9-10-11-12-13-14-15-16-17-18-29(39)43-32-24(3)35(42)27(30-33(5,6)36(30,32)44-25(4)38)20-26(22-37)21-34(41)28(35)19-23(2)31(34)40/h19-20,22,24,27-28,30,32,41-42H,7-18,21H2,1-6H3. The number of carbonyl (C=O) groups is 4. The van der Waals surface area contributed by atoms with Crippen LogP contribution in [-0.2, 0) is 28.7 Å². The molecule has 0 aromatic rings. The zero-order valence-electron chi connectivity index (χ0n) is 27.7. The summed E-state index contributed by atoms with van der Waals surface area (Å²) in [5, 5.41) is 24.5. The van der Waals surface area contributed by atoms with Gasteiger partial charge in [-0.05, 0) is 24.5 Å². The Morgan fingerprint density at radius 2 is 1.55 bits per heavy atom. The van der Waals surface area contributed by atoms with Crippen LogP contribution in [0.2, 0.25) is 0 Å². The smallest absolute Gasteiger partial charge is 0.306 e. The number of hydrogen-bond acceptors (Lipinski definition) is 8. The largest absolute Gasteiger partial charge is 0.458 e. The number of Topliss-reactive ketones (excluding diaryl/α,β-unsaturated/α-hetero) is 1. The van der Waals surface area contributed by atoms with E-state index in [1.54, 1.807) is 26.0 Å². The van der Waals surface area contributed by atoms with Gasteiger partial charge >= 0.3 is 11.9 Å². The molecule has 246 valence electrons. The minimum absolute atomic E-state index is 0.212. The average molecular weight is 615 g/mol. The SMILES string of the molecule is CCCCCCCCCCCCCC(=O)OC1C(C)C2(O)C(C=C(C=O)CC3(O)C(=O)C(C)=CC32)C2C(C)(C)C12OC(C)=O. The van der Waals surface area contributed by atoms with Crippen molar-refractivity contribution in [2.75, 3.05) is 0 Å². The maximum atomic E-state index is 13.3. The quantitative estimate of drug-likeness (QED) is 0.131. The van der Waals surface area contributed by atoms with Crippen LogP contribution in [-0.4, -0.2) is 57.1 Å². The van der Waals surface area contributed by atoms with E-state index >= 15 is 0 Å². The topological polar surface area (TPSA) is 127 Å². The van der Waals surface area contributed by atoms with E-state index in [-0.39, 0.29) is 18.4 Å². The number of carbonyl (C=O) groups excluding carboxylic acids is 4. The molecule has 8 atom stereocenters. The number of fused-ring (bicyclic) bond motifs is 5. The van der Waals surface area contributed by atoms with E-state index in [0.29, 0.717) is 18.3 Å². The molecule has 0 radical (unpaired) electrons. The number of rotatable bonds is 15. The van der Waals surface area contributed by atoms with E-state index < -0.39 is 69.7 Å². The van der Waals surface area contributed by atoms with Crippen molar-refractivity contribution in [3.05, 3.63) is 23.3 Å². The van der Waals surface area contributed by atoms with Crippen LogP contribution in [0.5, 0.6) is 0 Å². The lowest BCUT2D eigenvalue weighted by atomic mass is 9.59. The maximum absolute atomic E-state index is 13.3. The van der Waals surface area contributed by atoms with Crippen molar-refractivity contribution in [3.8, 4) is 0 Å². The van der Waals surface area contributed by atoms with Crippen LogP contribution < -0.4 is 0 Å². The van der Waals surface area contributed by atoms with Gasteiger partial charge in [-0.3, -0.25) is 19.2 Å². The van der Waals surface area contributed by atoms with Crippen molar-refractivity contribution in [2.45, 2.75) is 148 Å². The normalized spacial score (nSPS) is 36.6. The van der Waals surface area contributed by atoms with Gasteiger partial charge in [0.25, 0.3) is 0 Å². The first-order chi connectivity index (χ1) is 20.7. The summed E-state index contributed by atoms with van der Waals surface area (Å²) in [6.45, 7) is 10.7. The van der Waals surface area contributed by atoms with Crippen LogP contribution >= 0.6 is 0 Å². The molecule has 0 aromatic carbocycles. The predicted molar refractivity (Wildman–Crippen MR) is 166 cm³/mol. The third-order valence-electron chi connectivity index (χ3n) is 11.4. The van der Waals surface area contributed by atoms with E-state index in [9.17, 15) is 29.4 Å². The minimum atomic E-state index is -2.00. The molecule has 4 aliphatic carbocycles. The summed E-state index contributed by atoms with van der Waals surface area (Å²) in [6, 6.07) is 0. The van der Waals surface area contributed by atoms with E-state index in [0.717, 1.165) is 19.3 Å². The predicted octanol–water partition coefficient (Wildman–Crippen LogP) is 5.96. The lowest BCUT2D eigenvalue weighted by Crippen LogP contribution is -2.66. The number of aldehydes is 1. The summed E-state index contributed by atoms with van der Waals surface area (Å²) in [7, 11) is 0. The van der Waals surface area contributed by atoms with Gasteiger partial charge in [0.15, 0.2) is 11.4 Å². The summed E-state index contributed by atoms with van der Waals surface area (Å²) in [5.74, 6) is -4.58. The van der Waals surface area contributed by atoms with Gasteiger partial charge < -0.3 is 19.7 Å². The van der Waals surface area contributed by atoms with Crippen molar-refractivity contribution in [1.29, 1.82) is 0 Å². The van der Waals surface area contributed by atoms with Crippen molar-refractivity contribution in [2.24, 2.45) is 29.1 Å². The molecule has 0 heterocycles. The van der Waals surface area contributed by atoms with Crippen molar-refractivity contribution < 1.29 is 38.9 Å². The maximum Gasteiger partial charge on any atom is 0.306 e. The molecule has 4 aliphatic rings. The Balaban J connectivity index is 1.51. The van der Waals surface area contributed by atoms with E-state index in [4.69, 9.17) is 9.47 Å². The number of esters is 2. The molecule has 8 heteroatoms. The molecule has 0 aromatic heterocycles. The Morgan fingerprint density at radius 1 is 0.977 bits per heavy atom. The Morgan fingerprint density at radius 3 is 2.09 bits per heavy atom. The van der Waals surface area contributed by atoms with E-state index in [2.05, 4.69) is 6.92 Å². The highest BCUT2D eigenvalue weighted by Gasteiger charge is 2.87. The van der Waals surface area contributed by atoms with Crippen LogP contribution in [0.25, 0.3) is 0 Å². The molecule has 2 N–H and O–H groups in total. The number of ketones is 1. The monoisotopic (exact) mass is 614 g/mol. The molecule has 0 aliphatic heterocycles. The first kappa shape index (κ1) is 34.6. The third kappa shape index (κ3) is 5.74. The summed E-state index contributed by atoms with van der Waals surface area (Å²) >= 11 is 0. The van der Waals surface area contributed by atoms with Crippen molar-refractivity contribution >= 4 is 24.0 Å². The number of hydrogen-bond donors (Lipinski definition) is 2. The second-order valence-corrected chi connectivity index (χ2v) is 14.6. The first-order valence-corrected chi connectivity index (χ1v) is 17.0. The van der Waals surface area contributed by atoms with Gasteiger partial charge in [-0.25, -0.2) is 0 Å². The molecule has 2 fully saturated rings. The second kappa shape index (κ2) is 13.2. The van der Waals surface area contributed by atoms with Gasteiger partial charge in [0.2, 0.25) is 0 Å². The van der Waals surface area contributed by atoms with E-state index in [1.807, 2.05) is 13.8 Å². The lowest BCUT2D eigenvalue weighted by molar-refractivity contribution is -0.228. The Hall–Kier alpha value is -2.32. The van der Waals surface area contributed by atoms with Gasteiger partial charge in [-0.15, -0.1) is 0 Å². The van der Waals surface area contributed by atoms with Crippen LogP contribution in [0.3, 0.4) is 0 Å². The number of aliphatic hydroxyl groups is 2. The van der Waals surface area contributed by atoms with Gasteiger partial charge in [0.05, 0.1) is 5.60 Å². The van der Waals surface area contributed by atoms with Crippen LogP contribution in [0, 0.1) is 29.1 Å². The highest BCUT2D eigenvalue weighted by atomic mass is 16.6.